The van der Waals surface area contributed by atoms with Crippen LogP contribution in [0.25, 0.3) is 0 Å². The highest BCUT2D eigenvalue weighted by molar-refractivity contribution is 7.12. The van der Waals surface area contributed by atoms with Crippen LogP contribution in [0.15, 0.2) is 6.07 Å². The van der Waals surface area contributed by atoms with Gasteiger partial charge in [0, 0.05) is 27.9 Å². The van der Waals surface area contributed by atoms with Gasteiger partial charge in [0.1, 0.15) is 0 Å². The molecule has 1 heterocycles. The Morgan fingerprint density at radius 3 is 2.71 bits per heavy atom. The summed E-state index contributed by atoms with van der Waals surface area (Å²) < 4.78 is 0. The number of aliphatic hydroxyl groups is 1. The summed E-state index contributed by atoms with van der Waals surface area (Å²) in [5, 5.41) is 9.00. The van der Waals surface area contributed by atoms with Crippen molar-refractivity contribution >= 4 is 17.1 Å². The predicted molar refractivity (Wildman–Crippen MR) is 69.8 cm³/mol. The minimum Gasteiger partial charge on any atom is -0.395 e. The zero-order chi connectivity index (χ0) is 12.4. The van der Waals surface area contributed by atoms with Gasteiger partial charge in [-0.2, -0.15) is 0 Å². The van der Waals surface area contributed by atoms with Crippen LogP contribution in [0.4, 0.5) is 0 Å². The van der Waals surface area contributed by atoms with Crippen LogP contribution in [0, 0.1) is 13.8 Å². The van der Waals surface area contributed by atoms with Crippen molar-refractivity contribution in [2.45, 2.75) is 32.7 Å². The van der Waals surface area contributed by atoms with Crippen molar-refractivity contribution in [2.75, 3.05) is 19.7 Å². The molecule has 0 aliphatic heterocycles. The maximum atomic E-state index is 12.2. The van der Waals surface area contributed by atoms with Crippen molar-refractivity contribution in [3.8, 4) is 0 Å². The Labute approximate surface area is 106 Å². The van der Waals surface area contributed by atoms with E-state index in [4.69, 9.17) is 5.11 Å². The van der Waals surface area contributed by atoms with Crippen LogP contribution in [0.5, 0.6) is 0 Å². The van der Waals surface area contributed by atoms with E-state index in [1.54, 1.807) is 11.3 Å². The lowest BCUT2D eigenvalue weighted by atomic mass is 10.1. The number of carbonyl (C=O) groups excluding carboxylic acids is 1. The van der Waals surface area contributed by atoms with Crippen molar-refractivity contribution in [1.82, 2.24) is 4.90 Å². The van der Waals surface area contributed by atoms with E-state index >= 15 is 0 Å². The lowest BCUT2D eigenvalue weighted by Crippen LogP contribution is -2.34. The first-order valence-electron chi connectivity index (χ1n) is 6.07. The van der Waals surface area contributed by atoms with E-state index in [1.807, 2.05) is 19.9 Å². The third-order valence-corrected chi connectivity index (χ3v) is 4.10. The summed E-state index contributed by atoms with van der Waals surface area (Å²) in [5.74, 6) is 0.187. The number of aryl methyl sites for hydroxylation is 2. The zero-order valence-electron chi connectivity index (χ0n) is 10.4. The van der Waals surface area contributed by atoms with Gasteiger partial charge >= 0.3 is 0 Å². The van der Waals surface area contributed by atoms with Crippen molar-refractivity contribution < 1.29 is 9.90 Å². The number of rotatable bonds is 6. The van der Waals surface area contributed by atoms with Crippen LogP contribution >= 0.6 is 11.3 Å². The Bertz CT molecular complexity index is 410. The molecule has 0 saturated heterocycles. The smallest absolute Gasteiger partial charge is 0.177 e. The minimum atomic E-state index is 0.130. The van der Waals surface area contributed by atoms with Gasteiger partial charge in [0.15, 0.2) is 5.78 Å². The molecule has 1 aromatic heterocycles. The molecule has 1 aromatic rings. The molecule has 1 saturated carbocycles. The number of hydrogen-bond donors (Lipinski definition) is 1. The Hall–Kier alpha value is -0.710. The minimum absolute atomic E-state index is 0.130. The molecule has 94 valence electrons. The Balaban J connectivity index is 2.02. The number of hydrogen-bond acceptors (Lipinski definition) is 4. The summed E-state index contributed by atoms with van der Waals surface area (Å²) in [7, 11) is 0. The summed E-state index contributed by atoms with van der Waals surface area (Å²) in [4.78, 5) is 16.6. The molecule has 0 atom stereocenters. The third kappa shape index (κ3) is 3.15. The molecule has 3 nitrogen and oxygen atoms in total. The van der Waals surface area contributed by atoms with Gasteiger partial charge in [0.25, 0.3) is 0 Å². The summed E-state index contributed by atoms with van der Waals surface area (Å²) in [6.07, 6.45) is 2.32. The first-order chi connectivity index (χ1) is 8.11. The molecule has 0 radical (unpaired) electrons. The number of aliphatic hydroxyl groups excluding tert-OH is 1. The number of thiophene rings is 1. The highest BCUT2D eigenvalue weighted by atomic mass is 32.1. The molecule has 17 heavy (non-hydrogen) atoms. The molecule has 0 aromatic carbocycles. The molecule has 0 amide bonds. The molecule has 1 fully saturated rings. The number of Topliss-reactive ketones (excluding diaryl/α,β-unsaturated/α-hetero) is 1. The van der Waals surface area contributed by atoms with Crippen LogP contribution in [0.3, 0.4) is 0 Å². The van der Waals surface area contributed by atoms with E-state index in [2.05, 4.69) is 4.90 Å². The fraction of sp³-hybridized carbons (Fsp3) is 0.615. The molecular weight excluding hydrogens is 234 g/mol. The van der Waals surface area contributed by atoms with E-state index in [9.17, 15) is 4.79 Å². The SMILES string of the molecule is Cc1cc(C(=O)CN(CCO)C2CC2)c(C)s1. The van der Waals surface area contributed by atoms with Crippen LogP contribution in [0.1, 0.15) is 33.0 Å². The van der Waals surface area contributed by atoms with Gasteiger partial charge in [0.05, 0.1) is 13.2 Å². The highest BCUT2D eigenvalue weighted by Crippen LogP contribution is 2.27. The normalized spacial score (nSPS) is 15.5. The average molecular weight is 253 g/mol. The fourth-order valence-corrected chi connectivity index (χ4v) is 3.08. The van der Waals surface area contributed by atoms with Crippen LogP contribution in [0.2, 0.25) is 0 Å². The third-order valence-electron chi connectivity index (χ3n) is 3.14. The van der Waals surface area contributed by atoms with E-state index in [1.165, 1.54) is 4.88 Å². The standard InChI is InChI=1S/C13H19NO2S/c1-9-7-12(10(2)17-9)13(16)8-14(5-6-15)11-3-4-11/h7,11,15H,3-6,8H2,1-2H3. The first-order valence-corrected chi connectivity index (χ1v) is 6.88. The van der Waals surface area contributed by atoms with E-state index in [0.29, 0.717) is 19.1 Å². The first kappa shape index (κ1) is 12.7. The number of nitrogens with zero attached hydrogens (tertiary/aromatic N) is 1. The van der Waals surface area contributed by atoms with E-state index in [-0.39, 0.29) is 12.4 Å². The zero-order valence-corrected chi connectivity index (χ0v) is 11.2. The molecule has 2 rings (SSSR count). The van der Waals surface area contributed by atoms with E-state index < -0.39 is 0 Å². The molecule has 0 spiro atoms. The monoisotopic (exact) mass is 253 g/mol. The summed E-state index contributed by atoms with van der Waals surface area (Å²) >= 11 is 1.67. The van der Waals surface area contributed by atoms with E-state index in [0.717, 1.165) is 23.3 Å². The Morgan fingerprint density at radius 1 is 1.53 bits per heavy atom. The highest BCUT2D eigenvalue weighted by Gasteiger charge is 2.30. The van der Waals surface area contributed by atoms with Gasteiger partial charge in [-0.1, -0.05) is 0 Å². The van der Waals surface area contributed by atoms with Crippen LogP contribution < -0.4 is 0 Å². The quantitative estimate of drug-likeness (QED) is 0.788. The van der Waals surface area contributed by atoms with Crippen LogP contribution in [-0.2, 0) is 0 Å². The van der Waals surface area contributed by atoms with Gasteiger partial charge < -0.3 is 5.11 Å². The number of carbonyl (C=O) groups is 1. The topological polar surface area (TPSA) is 40.5 Å². The summed E-state index contributed by atoms with van der Waals surface area (Å²) in [6, 6.07) is 2.50. The second-order valence-corrected chi connectivity index (χ2v) is 6.14. The predicted octanol–water partition coefficient (Wildman–Crippen LogP) is 2.00. The molecule has 4 heteroatoms. The van der Waals surface area contributed by atoms with Crippen LogP contribution in [-0.4, -0.2) is 41.5 Å². The van der Waals surface area contributed by atoms with Gasteiger partial charge in [-0.15, -0.1) is 11.3 Å². The van der Waals surface area contributed by atoms with Gasteiger partial charge in [-0.25, -0.2) is 0 Å². The van der Waals surface area contributed by atoms with Crippen molar-refractivity contribution in [1.29, 1.82) is 0 Å². The maximum absolute atomic E-state index is 12.2. The molecule has 0 bridgehead atoms. The fourth-order valence-electron chi connectivity index (χ4n) is 2.14. The van der Waals surface area contributed by atoms with Gasteiger partial charge in [-0.05, 0) is 32.8 Å². The maximum Gasteiger partial charge on any atom is 0.177 e. The molecule has 1 N–H and O–H groups in total. The molecule has 1 aliphatic rings. The summed E-state index contributed by atoms with van der Waals surface area (Å²) in [5.41, 5.74) is 0.857. The van der Waals surface area contributed by atoms with Crippen molar-refractivity contribution in [3.63, 3.8) is 0 Å². The Morgan fingerprint density at radius 2 is 2.24 bits per heavy atom. The second kappa shape index (κ2) is 5.29. The van der Waals surface area contributed by atoms with Crippen molar-refractivity contribution in [3.05, 3.63) is 21.4 Å². The summed E-state index contributed by atoms with van der Waals surface area (Å²) in [6.45, 7) is 5.21. The van der Waals surface area contributed by atoms with Gasteiger partial charge in [0.2, 0.25) is 0 Å². The molecular formula is C13H19NO2S. The average Bonchev–Trinajstić information content (AvgIpc) is 3.04. The second-order valence-electron chi connectivity index (χ2n) is 4.68. The molecule has 0 unspecified atom stereocenters. The van der Waals surface area contributed by atoms with Gasteiger partial charge in [-0.3, -0.25) is 9.69 Å². The molecule has 1 aliphatic carbocycles. The Kier molecular flexibility index (Phi) is 3.97. The number of ketones is 1. The largest absolute Gasteiger partial charge is 0.395 e. The van der Waals surface area contributed by atoms with Crippen molar-refractivity contribution in [2.24, 2.45) is 0 Å². The lowest BCUT2D eigenvalue weighted by Gasteiger charge is -2.19. The lowest BCUT2D eigenvalue weighted by molar-refractivity contribution is 0.0907.